The van der Waals surface area contributed by atoms with Gasteiger partial charge in [0.2, 0.25) is 0 Å². The van der Waals surface area contributed by atoms with E-state index in [9.17, 15) is 10.1 Å². The molecule has 0 radical (unpaired) electrons. The van der Waals surface area contributed by atoms with Crippen molar-refractivity contribution in [1.82, 2.24) is 0 Å². The van der Waals surface area contributed by atoms with Gasteiger partial charge in [0.1, 0.15) is 11.7 Å². The van der Waals surface area contributed by atoms with Gasteiger partial charge in [-0.2, -0.15) is 5.26 Å². The summed E-state index contributed by atoms with van der Waals surface area (Å²) in [6.45, 7) is 0. The van der Waals surface area contributed by atoms with Crippen LogP contribution in [0, 0.1) is 11.3 Å². The monoisotopic (exact) mass is 257 g/mol. The van der Waals surface area contributed by atoms with Crippen molar-refractivity contribution in [2.24, 2.45) is 0 Å². The minimum Gasteiger partial charge on any atom is -0.496 e. The van der Waals surface area contributed by atoms with Crippen LogP contribution in [0.1, 0.15) is 21.2 Å². The van der Waals surface area contributed by atoms with E-state index in [0.29, 0.717) is 10.6 Å². The standard InChI is InChI=1S/C14H11NO2S/c1-17-11-7-13(18-9-11)14(16)12(8-15)10-5-3-2-4-6-10/h2-7,9,12H,1H3. The molecule has 0 aliphatic carbocycles. The SMILES string of the molecule is COc1csc(C(=O)C(C#N)c2ccccc2)c1. The van der Waals surface area contributed by atoms with Gasteiger partial charge in [0.05, 0.1) is 18.1 Å². The Morgan fingerprint density at radius 3 is 2.67 bits per heavy atom. The highest BCUT2D eigenvalue weighted by Gasteiger charge is 2.23. The largest absolute Gasteiger partial charge is 0.496 e. The van der Waals surface area contributed by atoms with Crippen LogP contribution in [0.15, 0.2) is 41.8 Å². The van der Waals surface area contributed by atoms with E-state index in [2.05, 4.69) is 6.07 Å². The number of ether oxygens (including phenoxy) is 1. The predicted octanol–water partition coefficient (Wildman–Crippen LogP) is 3.25. The average Bonchev–Trinajstić information content (AvgIpc) is 2.89. The molecule has 0 spiro atoms. The first kappa shape index (κ1) is 12.3. The van der Waals surface area contributed by atoms with Crippen molar-refractivity contribution in [3.63, 3.8) is 0 Å². The van der Waals surface area contributed by atoms with Gasteiger partial charge in [0.25, 0.3) is 0 Å². The molecule has 1 unspecified atom stereocenters. The second-order valence-corrected chi connectivity index (χ2v) is 4.60. The summed E-state index contributed by atoms with van der Waals surface area (Å²) in [4.78, 5) is 12.8. The van der Waals surface area contributed by atoms with E-state index in [1.54, 1.807) is 30.7 Å². The van der Waals surface area contributed by atoms with Gasteiger partial charge in [-0.1, -0.05) is 30.3 Å². The zero-order chi connectivity index (χ0) is 13.0. The molecule has 3 nitrogen and oxygen atoms in total. The molecule has 90 valence electrons. The summed E-state index contributed by atoms with van der Waals surface area (Å²) in [7, 11) is 1.55. The lowest BCUT2D eigenvalue weighted by Gasteiger charge is -2.06. The van der Waals surface area contributed by atoms with Crippen LogP contribution < -0.4 is 4.74 Å². The lowest BCUT2D eigenvalue weighted by molar-refractivity contribution is 0.0982. The lowest BCUT2D eigenvalue weighted by Crippen LogP contribution is -2.09. The van der Waals surface area contributed by atoms with Crippen LogP contribution in [-0.4, -0.2) is 12.9 Å². The van der Waals surface area contributed by atoms with E-state index >= 15 is 0 Å². The molecule has 18 heavy (non-hydrogen) atoms. The number of benzene rings is 1. The third kappa shape index (κ3) is 2.41. The number of nitriles is 1. The number of Topliss-reactive ketones (excluding diaryl/α,β-unsaturated/α-hetero) is 1. The zero-order valence-corrected chi connectivity index (χ0v) is 10.6. The molecule has 0 aliphatic rings. The molecule has 0 saturated heterocycles. The summed E-state index contributed by atoms with van der Waals surface area (Å²) in [5, 5.41) is 10.9. The number of hydrogen-bond acceptors (Lipinski definition) is 4. The van der Waals surface area contributed by atoms with Crippen molar-refractivity contribution in [2.75, 3.05) is 7.11 Å². The molecule has 2 rings (SSSR count). The summed E-state index contributed by atoms with van der Waals surface area (Å²) in [6.07, 6.45) is 0. The maximum atomic E-state index is 12.2. The first-order valence-electron chi connectivity index (χ1n) is 5.37. The third-order valence-electron chi connectivity index (χ3n) is 2.58. The fourth-order valence-electron chi connectivity index (χ4n) is 1.63. The third-order valence-corrected chi connectivity index (χ3v) is 3.50. The zero-order valence-electron chi connectivity index (χ0n) is 9.79. The van der Waals surface area contributed by atoms with E-state index in [1.807, 2.05) is 18.2 Å². The van der Waals surface area contributed by atoms with Gasteiger partial charge in [-0.05, 0) is 5.56 Å². The van der Waals surface area contributed by atoms with E-state index < -0.39 is 5.92 Å². The number of carbonyl (C=O) groups excluding carboxylic acids is 1. The van der Waals surface area contributed by atoms with Gasteiger partial charge in [-0.15, -0.1) is 11.3 Å². The van der Waals surface area contributed by atoms with Gasteiger partial charge in [-0.3, -0.25) is 4.79 Å². The van der Waals surface area contributed by atoms with E-state index in [0.717, 1.165) is 5.56 Å². The van der Waals surface area contributed by atoms with Gasteiger partial charge in [-0.25, -0.2) is 0 Å². The lowest BCUT2D eigenvalue weighted by atomic mass is 9.95. The molecular formula is C14H11NO2S. The fourth-order valence-corrected chi connectivity index (χ4v) is 2.45. The van der Waals surface area contributed by atoms with Gasteiger partial charge >= 0.3 is 0 Å². The average molecular weight is 257 g/mol. The van der Waals surface area contributed by atoms with E-state index in [1.165, 1.54) is 11.3 Å². The number of rotatable bonds is 4. The topological polar surface area (TPSA) is 50.1 Å². The summed E-state index contributed by atoms with van der Waals surface area (Å²) in [5.41, 5.74) is 0.720. The number of carbonyl (C=O) groups is 1. The normalized spacial score (nSPS) is 11.6. The number of hydrogen-bond donors (Lipinski definition) is 0. The van der Waals surface area contributed by atoms with Crippen LogP contribution in [0.2, 0.25) is 0 Å². The highest BCUT2D eigenvalue weighted by atomic mass is 32.1. The molecule has 0 amide bonds. The number of nitrogens with zero attached hydrogens (tertiary/aromatic N) is 1. The Bertz CT molecular complexity index is 583. The molecule has 1 heterocycles. The van der Waals surface area contributed by atoms with Gasteiger partial charge in [0.15, 0.2) is 5.78 Å². The maximum Gasteiger partial charge on any atom is 0.194 e. The Hall–Kier alpha value is -2.12. The van der Waals surface area contributed by atoms with Crippen LogP contribution in [0.5, 0.6) is 5.75 Å². The first-order chi connectivity index (χ1) is 8.76. The second-order valence-electron chi connectivity index (χ2n) is 3.69. The van der Waals surface area contributed by atoms with Crippen LogP contribution in [0.3, 0.4) is 0 Å². The van der Waals surface area contributed by atoms with Crippen molar-refractivity contribution in [2.45, 2.75) is 5.92 Å². The molecular weight excluding hydrogens is 246 g/mol. The Morgan fingerprint density at radius 1 is 1.39 bits per heavy atom. The molecule has 0 bridgehead atoms. The molecule has 4 heteroatoms. The smallest absolute Gasteiger partial charge is 0.194 e. The maximum absolute atomic E-state index is 12.2. The summed E-state index contributed by atoms with van der Waals surface area (Å²) >= 11 is 1.29. The minimum atomic E-state index is -0.755. The van der Waals surface area contributed by atoms with Crippen molar-refractivity contribution in [3.8, 4) is 11.8 Å². The molecule has 2 aromatic rings. The summed E-state index contributed by atoms with van der Waals surface area (Å²) in [5.74, 6) is -0.292. The fraction of sp³-hybridized carbons (Fsp3) is 0.143. The predicted molar refractivity (Wildman–Crippen MR) is 70.0 cm³/mol. The number of methoxy groups -OCH3 is 1. The summed E-state index contributed by atoms with van der Waals surface area (Å²) < 4.78 is 5.04. The van der Waals surface area contributed by atoms with Crippen molar-refractivity contribution in [1.29, 1.82) is 5.26 Å². The molecule has 1 aromatic carbocycles. The van der Waals surface area contributed by atoms with Crippen LogP contribution in [0.4, 0.5) is 0 Å². The van der Waals surface area contributed by atoms with Crippen molar-refractivity contribution in [3.05, 3.63) is 52.2 Å². The van der Waals surface area contributed by atoms with Gasteiger partial charge < -0.3 is 4.74 Å². The van der Waals surface area contributed by atoms with E-state index in [-0.39, 0.29) is 5.78 Å². The molecule has 1 atom stereocenters. The van der Waals surface area contributed by atoms with Crippen molar-refractivity contribution >= 4 is 17.1 Å². The Labute approximate surface area is 109 Å². The van der Waals surface area contributed by atoms with Crippen LogP contribution >= 0.6 is 11.3 Å². The number of ketones is 1. The first-order valence-corrected chi connectivity index (χ1v) is 6.25. The molecule has 1 aromatic heterocycles. The Kier molecular flexibility index (Phi) is 3.75. The van der Waals surface area contributed by atoms with Gasteiger partial charge in [0, 0.05) is 11.4 Å². The molecule has 0 fully saturated rings. The van der Waals surface area contributed by atoms with Crippen molar-refractivity contribution < 1.29 is 9.53 Å². The van der Waals surface area contributed by atoms with E-state index in [4.69, 9.17) is 4.74 Å². The van der Waals surface area contributed by atoms with Crippen LogP contribution in [-0.2, 0) is 0 Å². The molecule has 0 N–H and O–H groups in total. The highest BCUT2D eigenvalue weighted by Crippen LogP contribution is 2.27. The van der Waals surface area contributed by atoms with Crippen LogP contribution in [0.25, 0.3) is 0 Å². The Morgan fingerprint density at radius 2 is 2.11 bits per heavy atom. The second kappa shape index (κ2) is 5.48. The quantitative estimate of drug-likeness (QED) is 0.790. The minimum absolute atomic E-state index is 0.183. The highest BCUT2D eigenvalue weighted by molar-refractivity contribution is 7.12. The molecule has 0 saturated carbocycles. The Balaban J connectivity index is 2.29. The summed E-state index contributed by atoms with van der Waals surface area (Å²) in [6, 6.07) is 12.8. The number of thiophene rings is 1. The molecule has 0 aliphatic heterocycles.